The highest BCUT2D eigenvalue weighted by Gasteiger charge is 2.36. The third kappa shape index (κ3) is 5.79. The molecule has 0 saturated carbocycles. The Labute approximate surface area is 189 Å². The van der Waals surface area contributed by atoms with Crippen LogP contribution in [0.3, 0.4) is 0 Å². The van der Waals surface area contributed by atoms with Crippen LogP contribution in [0.4, 0.5) is 10.5 Å². The molecule has 172 valence electrons. The molecule has 3 rings (SSSR count). The molecule has 1 N–H and O–H groups in total. The average Bonchev–Trinajstić information content (AvgIpc) is 2.87. The minimum atomic E-state index is -1.21. The number of hydrogen-bond acceptors (Lipinski definition) is 5. The van der Waals surface area contributed by atoms with E-state index < -0.39 is 23.3 Å². The lowest BCUT2D eigenvalue weighted by atomic mass is 10.0. The number of β-amino-alcohol motifs (C(OH)–C–C–N with tert-alkyl or cyclic N) is 1. The normalized spacial score (nSPS) is 19.2. The van der Waals surface area contributed by atoms with Crippen LogP contribution in [-0.4, -0.2) is 53.4 Å². The minimum Gasteiger partial charge on any atom is -0.488 e. The number of carbonyl (C=O) groups excluding carboxylic acids is 2. The molecule has 0 bridgehead atoms. The molecule has 2 amide bonds. The smallest absolute Gasteiger partial charge is 0.410 e. The van der Waals surface area contributed by atoms with Crippen molar-refractivity contribution in [2.75, 3.05) is 25.1 Å². The van der Waals surface area contributed by atoms with Crippen LogP contribution in [-0.2, 0) is 9.53 Å². The molecule has 0 aromatic heterocycles. The fraction of sp³-hybridized carbons (Fsp3) is 0.440. The van der Waals surface area contributed by atoms with Gasteiger partial charge < -0.3 is 24.4 Å². The zero-order valence-corrected chi connectivity index (χ0v) is 19.4. The first kappa shape index (κ1) is 23.6. The number of para-hydroxylation sites is 2. The summed E-state index contributed by atoms with van der Waals surface area (Å²) in [7, 11) is 1.63. The van der Waals surface area contributed by atoms with Crippen molar-refractivity contribution >= 4 is 17.7 Å². The predicted molar refractivity (Wildman–Crippen MR) is 123 cm³/mol. The number of hydrogen-bond donors (Lipinski definition) is 1. The van der Waals surface area contributed by atoms with E-state index in [9.17, 15) is 14.7 Å². The number of carbonyl (C=O) groups is 2. The molecule has 7 nitrogen and oxygen atoms in total. The maximum Gasteiger partial charge on any atom is 0.410 e. The molecule has 1 aliphatic heterocycles. The predicted octanol–water partition coefficient (Wildman–Crippen LogP) is 4.16. The van der Waals surface area contributed by atoms with Crippen molar-refractivity contribution in [2.45, 2.75) is 51.4 Å². The van der Waals surface area contributed by atoms with Gasteiger partial charge in [0.15, 0.2) is 0 Å². The van der Waals surface area contributed by atoms with E-state index in [1.54, 1.807) is 51.8 Å². The van der Waals surface area contributed by atoms with Gasteiger partial charge in [-0.3, -0.25) is 4.79 Å². The molecular formula is C25H32N2O5. The fourth-order valence-electron chi connectivity index (χ4n) is 3.62. The first-order valence-corrected chi connectivity index (χ1v) is 10.7. The van der Waals surface area contributed by atoms with Crippen LogP contribution < -0.4 is 9.64 Å². The Morgan fingerprint density at radius 3 is 2.44 bits per heavy atom. The molecular weight excluding hydrogens is 408 g/mol. The molecule has 0 spiro atoms. The molecule has 2 aromatic carbocycles. The van der Waals surface area contributed by atoms with E-state index in [2.05, 4.69) is 0 Å². The largest absolute Gasteiger partial charge is 0.488 e. The van der Waals surface area contributed by atoms with Crippen molar-refractivity contribution in [3.8, 4) is 5.75 Å². The van der Waals surface area contributed by atoms with E-state index in [-0.39, 0.29) is 25.5 Å². The Hall–Kier alpha value is -3.06. The van der Waals surface area contributed by atoms with Gasteiger partial charge in [0, 0.05) is 7.05 Å². The van der Waals surface area contributed by atoms with E-state index in [0.29, 0.717) is 11.4 Å². The number of rotatable bonds is 4. The first-order valence-electron chi connectivity index (χ1n) is 10.7. The lowest BCUT2D eigenvalue weighted by Gasteiger charge is -2.33. The number of ether oxygens (including phenoxy) is 2. The number of nitrogens with zero attached hydrogens (tertiary/aromatic N) is 2. The van der Waals surface area contributed by atoms with Crippen molar-refractivity contribution in [3.63, 3.8) is 0 Å². The standard InChI is InChI=1S/C25H32N2O5/c1-24(2,3)32-23(29)26(5)20(18-11-7-6-8-12-18)15-22(28)27-16-25(4,30)17-31-21-14-10-9-13-19(21)27/h6-14,20,30H,15-17H2,1-5H3. The van der Waals surface area contributed by atoms with E-state index in [1.807, 2.05) is 42.5 Å². The van der Waals surface area contributed by atoms with Crippen molar-refractivity contribution in [2.24, 2.45) is 0 Å². The van der Waals surface area contributed by atoms with Crippen LogP contribution in [0.2, 0.25) is 0 Å². The summed E-state index contributed by atoms with van der Waals surface area (Å²) in [5.41, 5.74) is -0.452. The van der Waals surface area contributed by atoms with E-state index in [4.69, 9.17) is 9.47 Å². The Balaban J connectivity index is 1.92. The summed E-state index contributed by atoms with van der Waals surface area (Å²) in [6.45, 7) is 7.21. The highest BCUT2D eigenvalue weighted by molar-refractivity contribution is 5.95. The van der Waals surface area contributed by atoms with Gasteiger partial charge in [-0.05, 0) is 45.4 Å². The number of benzene rings is 2. The molecule has 32 heavy (non-hydrogen) atoms. The summed E-state index contributed by atoms with van der Waals surface area (Å²) >= 11 is 0. The molecule has 0 saturated heterocycles. The van der Waals surface area contributed by atoms with Gasteiger partial charge in [0.05, 0.1) is 24.7 Å². The van der Waals surface area contributed by atoms with E-state index in [1.165, 1.54) is 4.90 Å². The summed E-state index contributed by atoms with van der Waals surface area (Å²) in [6, 6.07) is 16.1. The SMILES string of the molecule is CN(C(=O)OC(C)(C)C)C(CC(=O)N1CC(C)(O)COc2ccccc21)c1ccccc1. The Morgan fingerprint density at radius 1 is 1.16 bits per heavy atom. The monoisotopic (exact) mass is 440 g/mol. The molecule has 0 radical (unpaired) electrons. The summed E-state index contributed by atoms with van der Waals surface area (Å²) < 4.78 is 11.3. The Morgan fingerprint density at radius 2 is 1.78 bits per heavy atom. The summed E-state index contributed by atoms with van der Waals surface area (Å²) in [4.78, 5) is 29.4. The summed E-state index contributed by atoms with van der Waals surface area (Å²) in [5.74, 6) is 0.308. The van der Waals surface area contributed by atoms with Crippen LogP contribution in [0.1, 0.15) is 45.7 Å². The second-order valence-electron chi connectivity index (χ2n) is 9.46. The minimum absolute atomic E-state index is 0.0180. The van der Waals surface area contributed by atoms with E-state index in [0.717, 1.165) is 5.56 Å². The van der Waals surface area contributed by atoms with Gasteiger partial charge in [-0.15, -0.1) is 0 Å². The Kier molecular flexibility index (Phi) is 6.79. The molecule has 1 heterocycles. The second-order valence-corrected chi connectivity index (χ2v) is 9.46. The van der Waals surface area contributed by atoms with Gasteiger partial charge in [-0.25, -0.2) is 4.79 Å². The number of amides is 2. The number of anilines is 1. The van der Waals surface area contributed by atoms with Crippen LogP contribution in [0.25, 0.3) is 0 Å². The summed E-state index contributed by atoms with van der Waals surface area (Å²) in [5, 5.41) is 10.7. The van der Waals surface area contributed by atoms with Gasteiger partial charge in [-0.2, -0.15) is 0 Å². The third-order valence-corrected chi connectivity index (χ3v) is 5.20. The van der Waals surface area contributed by atoms with Crippen LogP contribution in [0.5, 0.6) is 5.75 Å². The fourth-order valence-corrected chi connectivity index (χ4v) is 3.62. The molecule has 7 heteroatoms. The topological polar surface area (TPSA) is 79.3 Å². The maximum absolute atomic E-state index is 13.6. The maximum atomic E-state index is 13.6. The molecule has 0 fully saturated rings. The van der Waals surface area contributed by atoms with Gasteiger partial charge in [-0.1, -0.05) is 42.5 Å². The van der Waals surface area contributed by atoms with Crippen molar-refractivity contribution in [1.82, 2.24) is 4.90 Å². The third-order valence-electron chi connectivity index (χ3n) is 5.20. The molecule has 1 aliphatic rings. The zero-order valence-electron chi connectivity index (χ0n) is 19.4. The van der Waals surface area contributed by atoms with Crippen LogP contribution in [0, 0.1) is 0 Å². The highest BCUT2D eigenvalue weighted by Crippen LogP contribution is 2.35. The van der Waals surface area contributed by atoms with Crippen molar-refractivity contribution in [3.05, 3.63) is 60.2 Å². The quantitative estimate of drug-likeness (QED) is 0.772. The lowest BCUT2D eigenvalue weighted by Crippen LogP contribution is -2.47. The average molecular weight is 441 g/mol. The number of fused-ring (bicyclic) bond motifs is 1. The van der Waals surface area contributed by atoms with Crippen molar-refractivity contribution < 1.29 is 24.2 Å². The Bertz CT molecular complexity index is 952. The summed E-state index contributed by atoms with van der Waals surface area (Å²) in [6.07, 6.45) is -0.491. The first-order chi connectivity index (χ1) is 15.0. The number of aliphatic hydroxyl groups is 1. The second kappa shape index (κ2) is 9.20. The lowest BCUT2D eigenvalue weighted by molar-refractivity contribution is -0.120. The van der Waals surface area contributed by atoms with E-state index >= 15 is 0 Å². The van der Waals surface area contributed by atoms with Gasteiger partial charge >= 0.3 is 6.09 Å². The molecule has 0 aliphatic carbocycles. The highest BCUT2D eigenvalue weighted by atomic mass is 16.6. The van der Waals surface area contributed by atoms with Gasteiger partial charge in [0.2, 0.25) is 5.91 Å². The van der Waals surface area contributed by atoms with Crippen molar-refractivity contribution in [1.29, 1.82) is 0 Å². The molecule has 2 atom stereocenters. The molecule has 2 aromatic rings. The zero-order chi connectivity index (χ0) is 23.5. The van der Waals surface area contributed by atoms with Gasteiger partial charge in [0.1, 0.15) is 23.6 Å². The van der Waals surface area contributed by atoms with Gasteiger partial charge in [0.25, 0.3) is 0 Å². The van der Waals surface area contributed by atoms with Crippen LogP contribution in [0.15, 0.2) is 54.6 Å². The van der Waals surface area contributed by atoms with Crippen LogP contribution >= 0.6 is 0 Å². The molecule has 2 unspecified atom stereocenters.